The van der Waals surface area contributed by atoms with Crippen molar-refractivity contribution in [2.75, 3.05) is 0 Å². The minimum atomic E-state index is 0.639. The Balaban J connectivity index is 0.000000143. The third-order valence-corrected chi connectivity index (χ3v) is 20.9. The minimum Gasteiger partial charge on any atom is -0.309 e. The van der Waals surface area contributed by atoms with Gasteiger partial charge in [-0.2, -0.15) is 0 Å². The van der Waals surface area contributed by atoms with Crippen molar-refractivity contribution < 1.29 is 0 Å². The van der Waals surface area contributed by atoms with E-state index in [9.17, 15) is 0 Å². The monoisotopic (exact) mass is 1380 g/mol. The molecule has 0 spiro atoms. The first-order chi connectivity index (χ1) is 53.5. The van der Waals surface area contributed by atoms with Gasteiger partial charge in [0, 0.05) is 66.3 Å². The lowest BCUT2D eigenvalue weighted by atomic mass is 9.95. The highest BCUT2D eigenvalue weighted by atomic mass is 15.0. The van der Waals surface area contributed by atoms with E-state index >= 15 is 0 Å². The lowest BCUT2D eigenvalue weighted by molar-refractivity contribution is 1.07. The highest BCUT2D eigenvalue weighted by Gasteiger charge is 2.21. The van der Waals surface area contributed by atoms with Crippen LogP contribution in [0.25, 0.3) is 200 Å². The van der Waals surface area contributed by atoms with Crippen LogP contribution in [0, 0.1) is 0 Å². The zero-order valence-corrected chi connectivity index (χ0v) is 58.5. The van der Waals surface area contributed by atoms with Gasteiger partial charge in [-0.1, -0.05) is 291 Å². The van der Waals surface area contributed by atoms with Gasteiger partial charge in [-0.05, 0) is 174 Å². The molecule has 0 saturated carbocycles. The maximum absolute atomic E-state index is 4.96. The number of nitrogens with zero attached hydrogens (tertiary/aromatic N) is 8. The molecule has 0 amide bonds. The molecule has 0 bridgehead atoms. The smallest absolute Gasteiger partial charge is 0.164 e. The van der Waals surface area contributed by atoms with E-state index in [1.54, 1.807) is 0 Å². The molecule has 0 saturated heterocycles. The Hall–Kier alpha value is -14.6. The Labute approximate surface area is 623 Å². The van der Waals surface area contributed by atoms with Crippen molar-refractivity contribution in [1.82, 2.24) is 39.0 Å². The summed E-state index contributed by atoms with van der Waals surface area (Å²) >= 11 is 0. The summed E-state index contributed by atoms with van der Waals surface area (Å²) in [5.41, 5.74) is 19.9. The van der Waals surface area contributed by atoms with Gasteiger partial charge < -0.3 is 9.13 Å². The van der Waals surface area contributed by atoms with Gasteiger partial charge in [0.1, 0.15) is 0 Å². The van der Waals surface area contributed by atoms with Gasteiger partial charge in [-0.15, -0.1) is 0 Å². The van der Waals surface area contributed by atoms with Gasteiger partial charge in [-0.3, -0.25) is 0 Å². The lowest BCUT2D eigenvalue weighted by Crippen LogP contribution is -2.00. The molecule has 0 N–H and O–H groups in total. The topological polar surface area (TPSA) is 87.2 Å². The quantitative estimate of drug-likeness (QED) is 0.128. The van der Waals surface area contributed by atoms with Crippen molar-refractivity contribution in [1.29, 1.82) is 0 Å². The SMILES string of the molecule is c1ccc(-c2ccc3cc(-c4ccc5ccc6c(c5c4)c4ccccc4n6-c4ccc(-c5nc(-c6ccccc6)nc(-c6ccccc6)n5)cc4)ccc3c2)cc1.c1ccc(-c2nc(-c3ccccc3)nc(-c3ccc(-n4c5ccccc5c5c6ccc(-c7cccc8ccccc78)cc6ccc54)cc3)n2)cc1. The maximum atomic E-state index is 4.96. The highest BCUT2D eigenvalue weighted by Crippen LogP contribution is 2.43. The van der Waals surface area contributed by atoms with Gasteiger partial charge in [0.2, 0.25) is 0 Å². The number of rotatable bonds is 11. The highest BCUT2D eigenvalue weighted by molar-refractivity contribution is 6.23. The van der Waals surface area contributed by atoms with Crippen molar-refractivity contribution in [3.05, 3.63) is 388 Å². The van der Waals surface area contributed by atoms with Crippen molar-refractivity contribution in [3.8, 4) is 113 Å². The molecule has 4 aromatic heterocycles. The summed E-state index contributed by atoms with van der Waals surface area (Å²) in [5, 5.41) is 14.9. The second kappa shape index (κ2) is 26.9. The molecule has 21 aromatic rings. The summed E-state index contributed by atoms with van der Waals surface area (Å²) in [5.74, 6) is 3.89. The van der Waals surface area contributed by atoms with Crippen LogP contribution >= 0.6 is 0 Å². The van der Waals surface area contributed by atoms with E-state index in [0.717, 1.165) is 50.3 Å². The molecule has 8 heteroatoms. The van der Waals surface area contributed by atoms with E-state index in [1.165, 1.54) is 115 Å². The van der Waals surface area contributed by atoms with E-state index in [4.69, 9.17) is 29.9 Å². The van der Waals surface area contributed by atoms with E-state index in [1.807, 2.05) is 121 Å². The fourth-order valence-corrected chi connectivity index (χ4v) is 15.6. The van der Waals surface area contributed by atoms with Crippen LogP contribution in [0.1, 0.15) is 0 Å². The van der Waals surface area contributed by atoms with Gasteiger partial charge in [0.25, 0.3) is 0 Å². The van der Waals surface area contributed by atoms with Crippen LogP contribution in [0.4, 0.5) is 0 Å². The summed E-state index contributed by atoms with van der Waals surface area (Å²) in [7, 11) is 0. The Kier molecular flexibility index (Phi) is 15.7. The van der Waals surface area contributed by atoms with Crippen LogP contribution in [0.2, 0.25) is 0 Å². The van der Waals surface area contributed by atoms with Crippen LogP contribution in [0.3, 0.4) is 0 Å². The summed E-state index contributed by atoms with van der Waals surface area (Å²) in [6.07, 6.45) is 0. The fourth-order valence-electron chi connectivity index (χ4n) is 15.6. The van der Waals surface area contributed by atoms with Crippen molar-refractivity contribution in [2.45, 2.75) is 0 Å². The second-order valence-corrected chi connectivity index (χ2v) is 27.3. The standard InChI is InChI=1S/C53H34N4.C47H30N4/c1-4-12-35(13-5-1)40-22-23-42-33-43(25-24-41(42)32-40)44-21-20-36-28-31-49-50(47(36)34-44)46-18-10-11-19-48(46)57(49)45-29-26-39(27-30-45)53-55-51(37-14-6-2-7-15-37)54-52(56-53)38-16-8-3-9-17-38;1-3-13-32(14-4-1)45-48-46(33-15-5-2-6-16-33)50-47(49-45)34-22-26-37(27-23-34)51-42-21-10-9-19-41(42)44-40-28-24-35(30-36(40)25-29-43(44)51)39-20-11-17-31-12-7-8-18-38(31)39/h1-34H;1-30H. The number of aromatic nitrogens is 8. The van der Waals surface area contributed by atoms with E-state index in [0.29, 0.717) is 34.9 Å². The number of hydrogen-bond donors (Lipinski definition) is 0. The molecule has 4 heterocycles. The molecular formula is C100H64N8. The van der Waals surface area contributed by atoms with Crippen LogP contribution in [-0.2, 0) is 0 Å². The zero-order valence-electron chi connectivity index (χ0n) is 58.5. The Bertz CT molecular complexity index is 6880. The third-order valence-electron chi connectivity index (χ3n) is 20.9. The molecule has 0 aliphatic heterocycles. The van der Waals surface area contributed by atoms with Crippen LogP contribution in [-0.4, -0.2) is 39.0 Å². The molecular weight excluding hydrogens is 1310 g/mol. The predicted octanol–water partition coefficient (Wildman–Crippen LogP) is 25.6. The molecule has 0 fully saturated rings. The Morgan fingerprint density at radius 2 is 0.472 bits per heavy atom. The van der Waals surface area contributed by atoms with Gasteiger partial charge in [0.05, 0.1) is 22.1 Å². The fraction of sp³-hybridized carbons (Fsp3) is 0. The van der Waals surface area contributed by atoms with Gasteiger partial charge >= 0.3 is 0 Å². The summed E-state index contributed by atoms with van der Waals surface area (Å²) < 4.78 is 4.74. The molecule has 108 heavy (non-hydrogen) atoms. The predicted molar refractivity (Wildman–Crippen MR) is 447 cm³/mol. The molecule has 0 atom stereocenters. The number of fused-ring (bicyclic) bond motifs is 12. The molecule has 504 valence electrons. The first-order valence-electron chi connectivity index (χ1n) is 36.5. The minimum absolute atomic E-state index is 0.639. The zero-order chi connectivity index (χ0) is 71.4. The van der Waals surface area contributed by atoms with E-state index < -0.39 is 0 Å². The third kappa shape index (κ3) is 11.5. The van der Waals surface area contributed by atoms with E-state index in [-0.39, 0.29) is 0 Å². The molecule has 0 aliphatic rings. The average Bonchev–Trinajstić information content (AvgIpc) is 1.48. The Morgan fingerprint density at radius 3 is 0.944 bits per heavy atom. The van der Waals surface area contributed by atoms with E-state index in [2.05, 4.69) is 276 Å². The normalized spacial score (nSPS) is 11.5. The van der Waals surface area contributed by atoms with Crippen LogP contribution in [0.5, 0.6) is 0 Å². The molecule has 0 unspecified atom stereocenters. The number of hydrogen-bond acceptors (Lipinski definition) is 6. The van der Waals surface area contributed by atoms with Gasteiger partial charge in [0.15, 0.2) is 34.9 Å². The molecule has 21 rings (SSSR count). The second-order valence-electron chi connectivity index (χ2n) is 27.3. The maximum Gasteiger partial charge on any atom is 0.164 e. The number of para-hydroxylation sites is 2. The Morgan fingerprint density at radius 1 is 0.157 bits per heavy atom. The lowest BCUT2D eigenvalue weighted by Gasteiger charge is -2.11. The first-order valence-corrected chi connectivity index (χ1v) is 36.5. The summed E-state index contributed by atoms with van der Waals surface area (Å²) in [6.45, 7) is 0. The van der Waals surface area contributed by atoms with Crippen LogP contribution in [0.15, 0.2) is 388 Å². The summed E-state index contributed by atoms with van der Waals surface area (Å²) in [4.78, 5) is 29.5. The summed E-state index contributed by atoms with van der Waals surface area (Å²) in [6, 6.07) is 137. The molecule has 0 radical (unpaired) electrons. The van der Waals surface area contributed by atoms with Crippen molar-refractivity contribution >= 4 is 86.7 Å². The van der Waals surface area contributed by atoms with Crippen molar-refractivity contribution in [3.63, 3.8) is 0 Å². The number of benzene rings is 17. The molecule has 8 nitrogen and oxygen atoms in total. The first kappa shape index (κ1) is 63.1. The molecule has 0 aliphatic carbocycles. The van der Waals surface area contributed by atoms with Gasteiger partial charge in [-0.25, -0.2) is 29.9 Å². The average molecular weight is 1380 g/mol. The molecule has 17 aromatic carbocycles. The van der Waals surface area contributed by atoms with Crippen LogP contribution < -0.4 is 0 Å². The largest absolute Gasteiger partial charge is 0.309 e. The van der Waals surface area contributed by atoms with Crippen molar-refractivity contribution in [2.24, 2.45) is 0 Å².